The zero-order valence-electron chi connectivity index (χ0n) is 10.9. The average Bonchev–Trinajstić information content (AvgIpc) is 2.57. The Balaban J connectivity index is 2.54. The molecular weight excluding hydrogens is 220 g/mol. The second kappa shape index (κ2) is 6.12. The van der Waals surface area contributed by atoms with Gasteiger partial charge in [0.2, 0.25) is 5.91 Å². The van der Waals surface area contributed by atoms with Gasteiger partial charge in [-0.15, -0.1) is 0 Å². The first-order chi connectivity index (χ1) is 7.95. The number of Topliss-reactive ketones (excluding diaryl/α,β-unsaturated/α-hetero) is 1. The van der Waals surface area contributed by atoms with Crippen molar-refractivity contribution in [1.82, 2.24) is 10.6 Å². The lowest BCUT2D eigenvalue weighted by Crippen LogP contribution is -2.51. The van der Waals surface area contributed by atoms with E-state index < -0.39 is 6.04 Å². The molecule has 17 heavy (non-hydrogen) atoms. The first-order valence-corrected chi connectivity index (χ1v) is 6.07. The summed E-state index contributed by atoms with van der Waals surface area (Å²) in [7, 11) is 1.75. The third kappa shape index (κ3) is 3.78. The fourth-order valence-corrected chi connectivity index (χ4v) is 1.94. The van der Waals surface area contributed by atoms with Crippen LogP contribution in [-0.2, 0) is 14.3 Å². The van der Waals surface area contributed by atoms with Crippen molar-refractivity contribution in [2.24, 2.45) is 5.92 Å². The van der Waals surface area contributed by atoms with Crippen LogP contribution < -0.4 is 10.6 Å². The zero-order chi connectivity index (χ0) is 13.0. The number of rotatable bonds is 5. The lowest BCUT2D eigenvalue weighted by molar-refractivity contribution is -0.127. The van der Waals surface area contributed by atoms with E-state index in [9.17, 15) is 9.59 Å². The van der Waals surface area contributed by atoms with E-state index in [-0.39, 0.29) is 30.4 Å². The summed E-state index contributed by atoms with van der Waals surface area (Å²) in [6.07, 6.45) is 0.515. The number of ketones is 1. The molecule has 0 unspecified atom stereocenters. The normalized spacial score (nSPS) is 26.3. The molecule has 0 spiro atoms. The smallest absolute Gasteiger partial charge is 0.237 e. The highest BCUT2D eigenvalue weighted by molar-refractivity contribution is 5.93. The maximum atomic E-state index is 12.0. The molecule has 5 heteroatoms. The molecule has 3 atom stereocenters. The van der Waals surface area contributed by atoms with Gasteiger partial charge in [-0.2, -0.15) is 0 Å². The van der Waals surface area contributed by atoms with Gasteiger partial charge in [-0.25, -0.2) is 0 Å². The van der Waals surface area contributed by atoms with E-state index >= 15 is 0 Å². The Labute approximate surface area is 102 Å². The monoisotopic (exact) mass is 242 g/mol. The Hall–Kier alpha value is -0.940. The molecule has 5 nitrogen and oxygen atoms in total. The second-order valence-electron chi connectivity index (χ2n) is 4.94. The maximum Gasteiger partial charge on any atom is 0.237 e. The predicted molar refractivity (Wildman–Crippen MR) is 64.7 cm³/mol. The van der Waals surface area contributed by atoms with E-state index in [4.69, 9.17) is 4.74 Å². The molecule has 0 aromatic carbocycles. The van der Waals surface area contributed by atoms with Crippen LogP contribution in [0.5, 0.6) is 0 Å². The molecule has 0 aromatic rings. The molecule has 1 saturated heterocycles. The van der Waals surface area contributed by atoms with Crippen LogP contribution in [0.3, 0.4) is 0 Å². The first-order valence-electron chi connectivity index (χ1n) is 6.07. The Kier molecular flexibility index (Phi) is 5.08. The molecule has 0 bridgehead atoms. The predicted octanol–water partition coefficient (Wildman–Crippen LogP) is 0.0931. The molecule has 1 fully saturated rings. The van der Waals surface area contributed by atoms with Crippen LogP contribution in [0, 0.1) is 5.92 Å². The summed E-state index contributed by atoms with van der Waals surface area (Å²) in [5.41, 5.74) is 0. The molecule has 1 rings (SSSR count). The minimum absolute atomic E-state index is 0.0507. The van der Waals surface area contributed by atoms with Crippen LogP contribution in [0.15, 0.2) is 0 Å². The quantitative estimate of drug-likeness (QED) is 0.717. The van der Waals surface area contributed by atoms with E-state index in [1.54, 1.807) is 14.0 Å². The molecule has 2 N–H and O–H groups in total. The Morgan fingerprint density at radius 2 is 2.18 bits per heavy atom. The van der Waals surface area contributed by atoms with Crippen LogP contribution in [0.2, 0.25) is 0 Å². The van der Waals surface area contributed by atoms with Gasteiger partial charge in [0.1, 0.15) is 12.6 Å². The van der Waals surface area contributed by atoms with Crippen LogP contribution in [-0.4, -0.2) is 43.5 Å². The summed E-state index contributed by atoms with van der Waals surface area (Å²) in [6, 6.07) is -0.749. The van der Waals surface area contributed by atoms with Gasteiger partial charge in [0.25, 0.3) is 0 Å². The highest BCUT2D eigenvalue weighted by Gasteiger charge is 2.35. The SMILES string of the molecule is CN[C@@H](CC(C)C)C(=O)N[C@@H]1C(=O)CO[C@@H]1C. The molecule has 0 aromatic heterocycles. The van der Waals surface area contributed by atoms with Crippen molar-refractivity contribution in [2.75, 3.05) is 13.7 Å². The van der Waals surface area contributed by atoms with Crippen molar-refractivity contribution in [1.29, 1.82) is 0 Å². The molecule has 1 heterocycles. The fourth-order valence-electron chi connectivity index (χ4n) is 1.94. The summed E-state index contributed by atoms with van der Waals surface area (Å²) in [5.74, 6) is 0.244. The molecule has 1 aliphatic rings. The minimum atomic E-state index is -0.495. The summed E-state index contributed by atoms with van der Waals surface area (Å²) < 4.78 is 5.19. The van der Waals surface area contributed by atoms with Crippen molar-refractivity contribution in [2.45, 2.75) is 45.4 Å². The van der Waals surface area contributed by atoms with Gasteiger partial charge < -0.3 is 15.4 Å². The van der Waals surface area contributed by atoms with Crippen LogP contribution >= 0.6 is 0 Å². The van der Waals surface area contributed by atoms with Gasteiger partial charge in [0.05, 0.1) is 12.1 Å². The Bertz CT molecular complexity index is 291. The topological polar surface area (TPSA) is 67.4 Å². The van der Waals surface area contributed by atoms with E-state index in [0.717, 1.165) is 6.42 Å². The van der Waals surface area contributed by atoms with Gasteiger partial charge >= 0.3 is 0 Å². The summed E-state index contributed by atoms with van der Waals surface area (Å²) in [4.78, 5) is 23.5. The average molecular weight is 242 g/mol. The minimum Gasteiger partial charge on any atom is -0.368 e. The highest BCUT2D eigenvalue weighted by Crippen LogP contribution is 2.11. The summed E-state index contributed by atoms with van der Waals surface area (Å²) in [6.45, 7) is 6.02. The van der Waals surface area contributed by atoms with E-state index in [1.807, 2.05) is 0 Å². The lowest BCUT2D eigenvalue weighted by Gasteiger charge is -2.21. The Morgan fingerprint density at radius 1 is 1.53 bits per heavy atom. The van der Waals surface area contributed by atoms with Crippen molar-refractivity contribution >= 4 is 11.7 Å². The van der Waals surface area contributed by atoms with Crippen LogP contribution in [0.4, 0.5) is 0 Å². The van der Waals surface area contributed by atoms with Gasteiger partial charge in [-0.3, -0.25) is 9.59 Å². The second-order valence-corrected chi connectivity index (χ2v) is 4.94. The van der Waals surface area contributed by atoms with E-state index in [2.05, 4.69) is 24.5 Å². The third-order valence-corrected chi connectivity index (χ3v) is 2.97. The zero-order valence-corrected chi connectivity index (χ0v) is 10.9. The molecule has 0 aliphatic carbocycles. The largest absolute Gasteiger partial charge is 0.368 e. The molecule has 1 aliphatic heterocycles. The van der Waals surface area contributed by atoms with Crippen LogP contribution in [0.1, 0.15) is 27.2 Å². The number of hydrogen-bond acceptors (Lipinski definition) is 4. The summed E-state index contributed by atoms with van der Waals surface area (Å²) >= 11 is 0. The Morgan fingerprint density at radius 3 is 2.59 bits per heavy atom. The highest BCUT2D eigenvalue weighted by atomic mass is 16.5. The van der Waals surface area contributed by atoms with Crippen molar-refractivity contribution in [3.63, 3.8) is 0 Å². The number of carbonyl (C=O) groups is 2. The number of likely N-dealkylation sites (N-methyl/N-ethyl adjacent to an activating group) is 1. The number of nitrogens with one attached hydrogen (secondary N) is 2. The van der Waals surface area contributed by atoms with E-state index in [1.165, 1.54) is 0 Å². The maximum absolute atomic E-state index is 12.0. The molecule has 0 saturated carbocycles. The van der Waals surface area contributed by atoms with Gasteiger partial charge in [-0.1, -0.05) is 13.8 Å². The van der Waals surface area contributed by atoms with E-state index in [0.29, 0.717) is 5.92 Å². The van der Waals surface area contributed by atoms with Gasteiger partial charge in [-0.05, 0) is 26.3 Å². The molecule has 0 radical (unpaired) electrons. The van der Waals surface area contributed by atoms with Crippen molar-refractivity contribution in [3.05, 3.63) is 0 Å². The number of amides is 1. The standard InChI is InChI=1S/C12H22N2O3/c1-7(2)5-9(13-4)12(16)14-11-8(3)17-6-10(11)15/h7-9,11,13H,5-6H2,1-4H3,(H,14,16)/t8-,9+,11+/m1/s1. The third-order valence-electron chi connectivity index (χ3n) is 2.97. The molecule has 98 valence electrons. The van der Waals surface area contributed by atoms with Gasteiger partial charge in [0, 0.05) is 0 Å². The fraction of sp³-hybridized carbons (Fsp3) is 0.833. The first kappa shape index (κ1) is 14.1. The van der Waals surface area contributed by atoms with Crippen LogP contribution in [0.25, 0.3) is 0 Å². The van der Waals surface area contributed by atoms with Crippen molar-refractivity contribution in [3.8, 4) is 0 Å². The van der Waals surface area contributed by atoms with Gasteiger partial charge in [0.15, 0.2) is 5.78 Å². The molecular formula is C12H22N2O3. The van der Waals surface area contributed by atoms with Crippen molar-refractivity contribution < 1.29 is 14.3 Å². The number of ether oxygens (including phenoxy) is 1. The summed E-state index contributed by atoms with van der Waals surface area (Å²) in [5, 5.41) is 5.73. The number of hydrogen-bond donors (Lipinski definition) is 2. The number of carbonyl (C=O) groups excluding carboxylic acids is 2. The lowest BCUT2D eigenvalue weighted by atomic mass is 10.0. The molecule has 1 amide bonds.